The highest BCUT2D eigenvalue weighted by Crippen LogP contribution is 2.23. The zero-order valence-electron chi connectivity index (χ0n) is 9.45. The Hall–Kier alpha value is -1.70. The summed E-state index contributed by atoms with van der Waals surface area (Å²) in [5, 5.41) is 9.35. The predicted octanol–water partition coefficient (Wildman–Crippen LogP) is 1.60. The Kier molecular flexibility index (Phi) is 3.98. The van der Waals surface area contributed by atoms with Gasteiger partial charge in [0.25, 0.3) is 0 Å². The Bertz CT molecular complexity index is 656. The van der Waals surface area contributed by atoms with E-state index in [1.807, 2.05) is 0 Å². The molecule has 0 bridgehead atoms. The maximum atomic E-state index is 11.2. The van der Waals surface area contributed by atoms with Crippen LogP contribution in [-0.2, 0) is 16.8 Å². The van der Waals surface area contributed by atoms with Crippen molar-refractivity contribution in [1.29, 1.82) is 0 Å². The van der Waals surface area contributed by atoms with Crippen molar-refractivity contribution >= 4 is 28.7 Å². The van der Waals surface area contributed by atoms with E-state index < -0.39 is 17.0 Å². The van der Waals surface area contributed by atoms with Crippen LogP contribution in [0.2, 0.25) is 5.02 Å². The third kappa shape index (κ3) is 2.83. The van der Waals surface area contributed by atoms with Crippen molar-refractivity contribution < 1.29 is 18.7 Å². The first-order valence-electron chi connectivity index (χ1n) is 5.11. The van der Waals surface area contributed by atoms with Gasteiger partial charge >= 0.3 is 5.97 Å². The van der Waals surface area contributed by atoms with Crippen LogP contribution in [0.3, 0.4) is 0 Å². The molecule has 0 aromatic carbocycles. The van der Waals surface area contributed by atoms with Gasteiger partial charge in [-0.25, -0.2) is 9.78 Å². The van der Waals surface area contributed by atoms with Gasteiger partial charge in [0.2, 0.25) is 0 Å². The summed E-state index contributed by atoms with van der Waals surface area (Å²) < 4.78 is 22.8. The maximum absolute atomic E-state index is 11.2. The van der Waals surface area contributed by atoms with Gasteiger partial charge in [0.1, 0.15) is 5.69 Å². The third-order valence-corrected chi connectivity index (χ3v) is 3.22. The first-order chi connectivity index (χ1) is 9.00. The number of hydrogen-bond acceptors (Lipinski definition) is 4. The largest absolute Gasteiger partial charge is 0.772 e. The number of carbonyl (C=O) groups is 1. The van der Waals surface area contributed by atoms with E-state index in [0.717, 1.165) is 0 Å². The predicted molar refractivity (Wildman–Crippen MR) is 68.2 cm³/mol. The molecule has 0 amide bonds. The second-order valence-electron chi connectivity index (χ2n) is 3.61. The van der Waals surface area contributed by atoms with Crippen molar-refractivity contribution in [2.45, 2.75) is 5.75 Å². The lowest BCUT2D eigenvalue weighted by atomic mass is 10.4. The van der Waals surface area contributed by atoms with Crippen molar-refractivity contribution in [2.75, 3.05) is 0 Å². The molecule has 0 aliphatic heterocycles. The second kappa shape index (κ2) is 5.52. The molecule has 0 saturated heterocycles. The molecule has 0 radical (unpaired) electrons. The number of rotatable bonds is 4. The SMILES string of the molecule is O=C(O)c1ccc(CS(=O)[O-])n1-c1ncccc1Cl. The number of nitrogens with zero attached hydrogens (tertiary/aromatic N) is 2. The van der Waals surface area contributed by atoms with Gasteiger partial charge in [-0.15, -0.1) is 0 Å². The van der Waals surface area contributed by atoms with Gasteiger partial charge in [0.05, 0.1) is 10.8 Å². The lowest BCUT2D eigenvalue weighted by Gasteiger charge is -2.13. The smallest absolute Gasteiger partial charge is 0.352 e. The minimum Gasteiger partial charge on any atom is -0.772 e. The van der Waals surface area contributed by atoms with Crippen molar-refractivity contribution in [3.8, 4) is 5.82 Å². The molecule has 2 aromatic rings. The molecule has 2 aromatic heterocycles. The minimum absolute atomic E-state index is 0.0962. The van der Waals surface area contributed by atoms with Crippen LogP contribution >= 0.6 is 11.6 Å². The molecule has 19 heavy (non-hydrogen) atoms. The van der Waals surface area contributed by atoms with Gasteiger partial charge < -0.3 is 9.66 Å². The highest BCUT2D eigenvalue weighted by atomic mass is 35.5. The number of aromatic nitrogens is 2. The van der Waals surface area contributed by atoms with E-state index in [4.69, 9.17) is 16.7 Å². The van der Waals surface area contributed by atoms with E-state index in [1.54, 1.807) is 12.1 Å². The molecule has 1 unspecified atom stereocenters. The fourth-order valence-electron chi connectivity index (χ4n) is 1.67. The van der Waals surface area contributed by atoms with Gasteiger partial charge in [0, 0.05) is 11.9 Å². The maximum Gasteiger partial charge on any atom is 0.352 e. The summed E-state index contributed by atoms with van der Waals surface area (Å²) in [6, 6.07) is 5.88. The Morgan fingerprint density at radius 1 is 1.47 bits per heavy atom. The monoisotopic (exact) mass is 299 g/mol. The summed E-state index contributed by atoms with van der Waals surface area (Å²) in [5.74, 6) is -1.32. The summed E-state index contributed by atoms with van der Waals surface area (Å²) in [5.41, 5.74) is 0.187. The van der Waals surface area contributed by atoms with Crippen molar-refractivity contribution in [3.05, 3.63) is 46.9 Å². The summed E-state index contributed by atoms with van der Waals surface area (Å²) in [6.07, 6.45) is 1.45. The molecule has 2 heterocycles. The van der Waals surface area contributed by atoms with E-state index in [-0.39, 0.29) is 28.0 Å². The summed E-state index contributed by atoms with van der Waals surface area (Å²) in [6.45, 7) is 0. The number of carboxylic acid groups (broad SMARTS) is 1. The minimum atomic E-state index is -2.34. The second-order valence-corrected chi connectivity index (χ2v) is 4.91. The van der Waals surface area contributed by atoms with Crippen LogP contribution in [-0.4, -0.2) is 29.4 Å². The number of pyridine rings is 1. The number of carboxylic acids is 1. The highest BCUT2D eigenvalue weighted by molar-refractivity contribution is 7.78. The molecule has 6 nitrogen and oxygen atoms in total. The lowest BCUT2D eigenvalue weighted by molar-refractivity contribution is 0.0688. The van der Waals surface area contributed by atoms with Crippen molar-refractivity contribution in [3.63, 3.8) is 0 Å². The standard InChI is InChI=1S/C11H9ClN2O4S/c12-8-2-1-5-13-10(8)14-7(6-19(17)18)3-4-9(14)11(15)16/h1-5H,6H2,(H,15,16)(H,17,18)/p-1. The molecule has 8 heteroatoms. The molecule has 100 valence electrons. The van der Waals surface area contributed by atoms with E-state index in [2.05, 4.69) is 4.98 Å². The zero-order valence-corrected chi connectivity index (χ0v) is 11.0. The van der Waals surface area contributed by atoms with Crippen LogP contribution in [0.1, 0.15) is 16.2 Å². The Morgan fingerprint density at radius 2 is 2.21 bits per heavy atom. The first-order valence-corrected chi connectivity index (χ1v) is 6.73. The van der Waals surface area contributed by atoms with E-state index in [0.29, 0.717) is 0 Å². The molecule has 0 saturated carbocycles. The van der Waals surface area contributed by atoms with Crippen molar-refractivity contribution in [2.24, 2.45) is 0 Å². The molecule has 0 spiro atoms. The molecular weight excluding hydrogens is 292 g/mol. The quantitative estimate of drug-likeness (QED) is 0.865. The number of halogens is 1. The molecule has 0 aliphatic carbocycles. The first kappa shape index (κ1) is 13.7. The van der Waals surface area contributed by atoms with Gasteiger partial charge in [0.15, 0.2) is 5.82 Å². The number of aromatic carboxylic acids is 1. The van der Waals surface area contributed by atoms with Gasteiger partial charge in [-0.3, -0.25) is 8.78 Å². The Labute approximate surface area is 115 Å². The van der Waals surface area contributed by atoms with Crippen LogP contribution in [0.25, 0.3) is 5.82 Å². The summed E-state index contributed by atoms with van der Waals surface area (Å²) in [7, 11) is 0. The Morgan fingerprint density at radius 3 is 2.79 bits per heavy atom. The third-order valence-electron chi connectivity index (χ3n) is 2.40. The summed E-state index contributed by atoms with van der Waals surface area (Å²) in [4.78, 5) is 15.2. The molecule has 2 rings (SSSR count). The van der Waals surface area contributed by atoms with Crippen LogP contribution in [0.4, 0.5) is 0 Å². The van der Waals surface area contributed by atoms with Crippen LogP contribution in [0, 0.1) is 0 Å². The highest BCUT2D eigenvalue weighted by Gasteiger charge is 2.18. The van der Waals surface area contributed by atoms with E-state index >= 15 is 0 Å². The normalized spacial score (nSPS) is 12.3. The fourth-order valence-corrected chi connectivity index (χ4v) is 2.34. The molecule has 1 atom stereocenters. The van der Waals surface area contributed by atoms with Gasteiger partial charge in [-0.05, 0) is 35.3 Å². The topological polar surface area (TPSA) is 95.2 Å². The Balaban J connectivity index is 2.65. The van der Waals surface area contributed by atoms with E-state index in [9.17, 15) is 13.6 Å². The van der Waals surface area contributed by atoms with E-state index in [1.165, 1.54) is 22.9 Å². The molecular formula is C11H8ClN2O4S-. The van der Waals surface area contributed by atoms with Gasteiger partial charge in [-0.2, -0.15) is 0 Å². The molecule has 0 aliphatic rings. The van der Waals surface area contributed by atoms with Crippen LogP contribution in [0.5, 0.6) is 0 Å². The lowest BCUT2D eigenvalue weighted by Crippen LogP contribution is -2.12. The van der Waals surface area contributed by atoms with Crippen molar-refractivity contribution in [1.82, 2.24) is 9.55 Å². The van der Waals surface area contributed by atoms with Crippen LogP contribution < -0.4 is 0 Å². The zero-order chi connectivity index (χ0) is 14.0. The fraction of sp³-hybridized carbons (Fsp3) is 0.0909. The molecule has 1 N–H and O–H groups in total. The average molecular weight is 300 g/mol. The van der Waals surface area contributed by atoms with Crippen LogP contribution in [0.15, 0.2) is 30.5 Å². The van der Waals surface area contributed by atoms with Gasteiger partial charge in [-0.1, -0.05) is 11.6 Å². The molecule has 0 fully saturated rings. The average Bonchev–Trinajstić information content (AvgIpc) is 2.72. The summed E-state index contributed by atoms with van der Waals surface area (Å²) >= 11 is 3.63. The number of hydrogen-bond donors (Lipinski definition) is 1.